The van der Waals surface area contributed by atoms with Crippen LogP contribution in [0.5, 0.6) is 11.5 Å². The minimum absolute atomic E-state index is 0.102. The van der Waals surface area contributed by atoms with E-state index in [9.17, 15) is 9.59 Å². The second-order valence-electron chi connectivity index (χ2n) is 6.12. The van der Waals surface area contributed by atoms with Crippen LogP contribution in [-0.2, 0) is 16.1 Å². The van der Waals surface area contributed by atoms with Crippen molar-refractivity contribution in [2.45, 2.75) is 6.54 Å². The van der Waals surface area contributed by atoms with E-state index in [1.807, 2.05) is 12.1 Å². The van der Waals surface area contributed by atoms with Gasteiger partial charge in [0.15, 0.2) is 16.3 Å². The number of nitriles is 1. The standard InChI is InChI=1S/C20H15N3O5S/c1-26-18(24)11-23-14-8-15-16(28-7-6-27-15)9-17(14)29-20(23)22-19(25)13-4-2-12(10-21)3-5-13/h2-5,8-9H,6-7,11H2,1H3. The Bertz CT molecular complexity index is 1220. The van der Waals surface area contributed by atoms with Gasteiger partial charge >= 0.3 is 5.97 Å². The number of hydrogen-bond acceptors (Lipinski definition) is 7. The lowest BCUT2D eigenvalue weighted by Gasteiger charge is -2.18. The number of rotatable bonds is 3. The number of amides is 1. The van der Waals surface area contributed by atoms with Crippen molar-refractivity contribution in [2.24, 2.45) is 4.99 Å². The molecule has 0 atom stereocenters. The third-order valence-electron chi connectivity index (χ3n) is 4.32. The van der Waals surface area contributed by atoms with Crippen LogP contribution < -0.4 is 14.3 Å². The van der Waals surface area contributed by atoms with Gasteiger partial charge in [-0.05, 0) is 24.3 Å². The zero-order valence-corrected chi connectivity index (χ0v) is 16.2. The van der Waals surface area contributed by atoms with Crippen molar-refractivity contribution < 1.29 is 23.8 Å². The predicted molar refractivity (Wildman–Crippen MR) is 104 cm³/mol. The number of ether oxygens (including phenoxy) is 3. The molecule has 0 spiro atoms. The van der Waals surface area contributed by atoms with Gasteiger partial charge in [-0.15, -0.1) is 0 Å². The summed E-state index contributed by atoms with van der Waals surface area (Å²) in [4.78, 5) is 29.1. The molecule has 1 aliphatic heterocycles. The molecule has 1 aliphatic rings. The summed E-state index contributed by atoms with van der Waals surface area (Å²) in [6, 6.07) is 11.8. The molecule has 0 aliphatic carbocycles. The van der Waals surface area contributed by atoms with Crippen molar-refractivity contribution in [3.8, 4) is 17.6 Å². The Morgan fingerprint density at radius 1 is 1.21 bits per heavy atom. The summed E-state index contributed by atoms with van der Waals surface area (Å²) in [5.74, 6) is 0.245. The van der Waals surface area contributed by atoms with E-state index in [2.05, 4.69) is 4.99 Å². The molecule has 2 aromatic carbocycles. The van der Waals surface area contributed by atoms with Crippen LogP contribution in [-0.4, -0.2) is 36.8 Å². The summed E-state index contributed by atoms with van der Waals surface area (Å²) in [5.41, 5.74) is 1.49. The molecule has 29 heavy (non-hydrogen) atoms. The number of nitrogens with zero attached hydrogens (tertiary/aromatic N) is 3. The molecule has 8 nitrogen and oxygen atoms in total. The van der Waals surface area contributed by atoms with Crippen molar-refractivity contribution >= 4 is 33.4 Å². The molecule has 1 amide bonds. The van der Waals surface area contributed by atoms with E-state index in [1.54, 1.807) is 34.9 Å². The molecule has 0 fully saturated rings. The molecule has 146 valence electrons. The normalized spacial score (nSPS) is 13.2. The summed E-state index contributed by atoms with van der Waals surface area (Å²) in [6.45, 7) is 0.796. The van der Waals surface area contributed by atoms with Crippen LogP contribution >= 0.6 is 11.3 Å². The number of thiazole rings is 1. The number of aromatic nitrogens is 1. The highest BCUT2D eigenvalue weighted by atomic mass is 32.1. The Balaban J connectivity index is 1.83. The molecule has 0 radical (unpaired) electrons. The first-order valence-electron chi connectivity index (χ1n) is 8.68. The molecule has 0 saturated carbocycles. The van der Waals surface area contributed by atoms with Gasteiger partial charge < -0.3 is 18.8 Å². The molecular formula is C20H15N3O5S. The Morgan fingerprint density at radius 2 is 1.90 bits per heavy atom. The molecule has 3 aromatic rings. The van der Waals surface area contributed by atoms with Gasteiger partial charge in [0.1, 0.15) is 19.8 Å². The van der Waals surface area contributed by atoms with Gasteiger partial charge in [-0.1, -0.05) is 11.3 Å². The zero-order chi connectivity index (χ0) is 20.4. The van der Waals surface area contributed by atoms with Gasteiger partial charge in [-0.2, -0.15) is 10.3 Å². The predicted octanol–water partition coefficient (Wildman–Crippen LogP) is 2.26. The fourth-order valence-corrected chi connectivity index (χ4v) is 3.91. The molecular weight excluding hydrogens is 394 g/mol. The second-order valence-corrected chi connectivity index (χ2v) is 7.13. The third kappa shape index (κ3) is 3.70. The molecule has 0 saturated heterocycles. The molecule has 0 unspecified atom stereocenters. The van der Waals surface area contributed by atoms with Crippen molar-refractivity contribution in [2.75, 3.05) is 20.3 Å². The van der Waals surface area contributed by atoms with E-state index in [-0.39, 0.29) is 6.54 Å². The zero-order valence-electron chi connectivity index (χ0n) is 15.4. The second kappa shape index (κ2) is 7.77. The maximum absolute atomic E-state index is 12.6. The van der Waals surface area contributed by atoms with Crippen LogP contribution in [0.3, 0.4) is 0 Å². The topological polar surface area (TPSA) is 103 Å². The summed E-state index contributed by atoms with van der Waals surface area (Å²) >= 11 is 1.26. The van der Waals surface area contributed by atoms with E-state index in [0.717, 1.165) is 4.70 Å². The van der Waals surface area contributed by atoms with E-state index in [4.69, 9.17) is 19.5 Å². The minimum atomic E-state index is -0.475. The smallest absolute Gasteiger partial charge is 0.325 e. The number of methoxy groups -OCH3 is 1. The average Bonchev–Trinajstić information content (AvgIpc) is 3.07. The van der Waals surface area contributed by atoms with Gasteiger partial charge in [-0.25, -0.2) is 0 Å². The van der Waals surface area contributed by atoms with Crippen LogP contribution in [0, 0.1) is 11.3 Å². The van der Waals surface area contributed by atoms with E-state index >= 15 is 0 Å². The molecule has 0 bridgehead atoms. The number of carbonyl (C=O) groups is 2. The number of hydrogen-bond donors (Lipinski definition) is 0. The van der Waals surface area contributed by atoms with Crippen molar-refractivity contribution in [1.82, 2.24) is 4.57 Å². The fraction of sp³-hybridized carbons (Fsp3) is 0.200. The highest BCUT2D eigenvalue weighted by Gasteiger charge is 2.18. The molecule has 1 aromatic heterocycles. The quantitative estimate of drug-likeness (QED) is 0.615. The maximum atomic E-state index is 12.6. The number of fused-ring (bicyclic) bond motifs is 2. The highest BCUT2D eigenvalue weighted by molar-refractivity contribution is 7.16. The maximum Gasteiger partial charge on any atom is 0.325 e. The van der Waals surface area contributed by atoms with Crippen molar-refractivity contribution in [3.05, 3.63) is 52.3 Å². The Kier molecular flexibility index (Phi) is 5.01. The van der Waals surface area contributed by atoms with Gasteiger partial charge in [0.05, 0.1) is 29.0 Å². The van der Waals surface area contributed by atoms with E-state index in [0.29, 0.717) is 46.2 Å². The number of carbonyl (C=O) groups excluding carboxylic acids is 2. The van der Waals surface area contributed by atoms with E-state index < -0.39 is 11.9 Å². The highest BCUT2D eigenvalue weighted by Crippen LogP contribution is 2.35. The van der Waals surface area contributed by atoms with Gasteiger partial charge in [0, 0.05) is 17.7 Å². The monoisotopic (exact) mass is 409 g/mol. The van der Waals surface area contributed by atoms with Crippen LogP contribution in [0.1, 0.15) is 15.9 Å². The van der Waals surface area contributed by atoms with Gasteiger partial charge in [-0.3, -0.25) is 9.59 Å². The summed E-state index contributed by atoms with van der Waals surface area (Å²) < 4.78 is 18.4. The Labute approximate surface area is 169 Å². The first-order chi connectivity index (χ1) is 14.1. The lowest BCUT2D eigenvalue weighted by atomic mass is 10.1. The molecule has 2 heterocycles. The van der Waals surface area contributed by atoms with Gasteiger partial charge in [0.2, 0.25) is 0 Å². The Hall–Kier alpha value is -3.64. The largest absolute Gasteiger partial charge is 0.486 e. The van der Waals surface area contributed by atoms with Crippen LogP contribution in [0.15, 0.2) is 41.4 Å². The minimum Gasteiger partial charge on any atom is -0.486 e. The van der Waals surface area contributed by atoms with Crippen molar-refractivity contribution in [1.29, 1.82) is 5.26 Å². The first-order valence-corrected chi connectivity index (χ1v) is 9.49. The van der Waals surface area contributed by atoms with Crippen LogP contribution in [0.4, 0.5) is 0 Å². The SMILES string of the molecule is COC(=O)Cn1c(=NC(=O)c2ccc(C#N)cc2)sc2cc3c(cc21)OCCO3. The summed E-state index contributed by atoms with van der Waals surface area (Å²) in [6.07, 6.45) is 0. The summed E-state index contributed by atoms with van der Waals surface area (Å²) in [5, 5.41) is 8.89. The third-order valence-corrected chi connectivity index (χ3v) is 5.36. The molecule has 4 rings (SSSR count). The van der Waals surface area contributed by atoms with Crippen LogP contribution in [0.2, 0.25) is 0 Å². The Morgan fingerprint density at radius 3 is 2.55 bits per heavy atom. The van der Waals surface area contributed by atoms with Crippen molar-refractivity contribution in [3.63, 3.8) is 0 Å². The lowest BCUT2D eigenvalue weighted by Crippen LogP contribution is -2.22. The number of benzene rings is 2. The number of esters is 1. The molecule has 9 heteroatoms. The summed E-state index contributed by atoms with van der Waals surface area (Å²) in [7, 11) is 1.30. The lowest BCUT2D eigenvalue weighted by molar-refractivity contribution is -0.141. The fourth-order valence-electron chi connectivity index (χ4n) is 2.88. The van der Waals surface area contributed by atoms with Crippen LogP contribution in [0.25, 0.3) is 10.2 Å². The van der Waals surface area contributed by atoms with E-state index in [1.165, 1.54) is 18.4 Å². The van der Waals surface area contributed by atoms with Gasteiger partial charge in [0.25, 0.3) is 5.91 Å². The molecule has 0 N–H and O–H groups in total. The first kappa shape index (κ1) is 18.7. The average molecular weight is 409 g/mol.